The molecule has 158 valence electrons. The van der Waals surface area contributed by atoms with Crippen LogP contribution < -0.4 is 10.0 Å². The molecule has 3 rings (SSSR count). The SMILES string of the molecule is CC[C@H](NS(=O)(=O)c1nnc(NC(=O)c2ccccc2Cl)s1)c1ccc(C)c(C)c1. The Morgan fingerprint density at radius 1 is 1.13 bits per heavy atom. The zero-order valence-electron chi connectivity index (χ0n) is 16.6. The van der Waals surface area contributed by atoms with E-state index in [1.165, 1.54) is 0 Å². The summed E-state index contributed by atoms with van der Waals surface area (Å²) in [5.41, 5.74) is 3.36. The molecule has 0 unspecified atom stereocenters. The van der Waals surface area contributed by atoms with Crippen molar-refractivity contribution in [1.82, 2.24) is 14.9 Å². The molecule has 0 fully saturated rings. The minimum atomic E-state index is -3.91. The maximum atomic E-state index is 12.8. The number of anilines is 1. The molecule has 0 aliphatic rings. The number of halogens is 1. The molecule has 1 amide bonds. The van der Waals surface area contributed by atoms with Gasteiger partial charge in [0.05, 0.1) is 10.6 Å². The Morgan fingerprint density at radius 3 is 2.53 bits per heavy atom. The Labute approximate surface area is 184 Å². The van der Waals surface area contributed by atoms with E-state index in [1.807, 2.05) is 39.0 Å². The number of nitrogens with one attached hydrogen (secondary N) is 2. The smallest absolute Gasteiger partial charge is 0.270 e. The Kier molecular flexibility index (Phi) is 6.87. The third-order valence-corrected chi connectivity index (χ3v) is 7.62. The van der Waals surface area contributed by atoms with Crippen LogP contribution in [-0.4, -0.2) is 24.5 Å². The van der Waals surface area contributed by atoms with E-state index in [0.717, 1.165) is 28.0 Å². The molecule has 3 aromatic rings. The van der Waals surface area contributed by atoms with Gasteiger partial charge >= 0.3 is 0 Å². The average molecular weight is 465 g/mol. The molecule has 0 aliphatic heterocycles. The summed E-state index contributed by atoms with van der Waals surface area (Å²) in [5, 5.41) is 10.4. The van der Waals surface area contributed by atoms with Crippen LogP contribution in [0.15, 0.2) is 46.8 Å². The summed E-state index contributed by atoms with van der Waals surface area (Å²) in [7, 11) is -3.91. The van der Waals surface area contributed by atoms with Gasteiger partial charge in [-0.1, -0.05) is 60.2 Å². The number of rotatable bonds is 7. The van der Waals surface area contributed by atoms with Crippen molar-refractivity contribution >= 4 is 44.0 Å². The molecule has 2 aromatic carbocycles. The van der Waals surface area contributed by atoms with Gasteiger partial charge in [0.1, 0.15) is 0 Å². The molecule has 1 atom stereocenters. The summed E-state index contributed by atoms with van der Waals surface area (Å²) in [6.45, 7) is 5.89. The fourth-order valence-electron chi connectivity index (χ4n) is 2.78. The molecule has 0 aliphatic carbocycles. The summed E-state index contributed by atoms with van der Waals surface area (Å²) in [6, 6.07) is 12.0. The molecule has 1 heterocycles. The van der Waals surface area contributed by atoms with Crippen LogP contribution in [0, 0.1) is 13.8 Å². The highest BCUT2D eigenvalue weighted by atomic mass is 35.5. The summed E-state index contributed by atoms with van der Waals surface area (Å²) >= 11 is 6.79. The summed E-state index contributed by atoms with van der Waals surface area (Å²) in [4.78, 5) is 12.3. The first kappa shape index (κ1) is 22.4. The van der Waals surface area contributed by atoms with Crippen LogP contribution in [0.2, 0.25) is 5.02 Å². The second-order valence-electron chi connectivity index (χ2n) is 6.73. The molecule has 30 heavy (non-hydrogen) atoms. The molecule has 10 heteroatoms. The maximum Gasteiger partial charge on any atom is 0.270 e. The van der Waals surface area contributed by atoms with E-state index in [1.54, 1.807) is 24.3 Å². The molecule has 0 spiro atoms. The first-order chi connectivity index (χ1) is 14.2. The first-order valence-electron chi connectivity index (χ1n) is 9.20. The molecule has 0 radical (unpaired) electrons. The van der Waals surface area contributed by atoms with E-state index < -0.39 is 22.0 Å². The number of aryl methyl sites for hydroxylation is 2. The molecule has 2 N–H and O–H groups in total. The standard InChI is InChI=1S/C20H21ClN4O3S2/c1-4-17(14-10-9-12(2)13(3)11-14)25-30(27,28)20-24-23-19(29-20)22-18(26)15-7-5-6-8-16(15)21/h5-11,17,25H,4H2,1-3H3,(H,22,23,26)/t17-/m0/s1. The minimum absolute atomic E-state index is 0.0690. The minimum Gasteiger partial charge on any atom is -0.296 e. The fraction of sp³-hybridized carbons (Fsp3) is 0.250. The molecule has 0 bridgehead atoms. The largest absolute Gasteiger partial charge is 0.296 e. The van der Waals surface area contributed by atoms with Crippen LogP contribution in [0.3, 0.4) is 0 Å². The number of benzene rings is 2. The van der Waals surface area contributed by atoms with Crippen LogP contribution in [0.1, 0.15) is 46.4 Å². The van der Waals surface area contributed by atoms with Gasteiger partial charge in [-0.2, -0.15) is 0 Å². The van der Waals surface area contributed by atoms with Gasteiger partial charge in [0, 0.05) is 6.04 Å². The highest BCUT2D eigenvalue weighted by Gasteiger charge is 2.25. The number of carbonyl (C=O) groups excluding carboxylic acids is 1. The van der Waals surface area contributed by atoms with Crippen molar-refractivity contribution < 1.29 is 13.2 Å². The average Bonchev–Trinajstić information content (AvgIpc) is 3.18. The van der Waals surface area contributed by atoms with Crippen molar-refractivity contribution in [3.63, 3.8) is 0 Å². The predicted octanol–water partition coefficient (Wildman–Crippen LogP) is 4.49. The number of nitrogens with zero attached hydrogens (tertiary/aromatic N) is 2. The third-order valence-electron chi connectivity index (χ3n) is 4.61. The Hall–Kier alpha value is -2.33. The Morgan fingerprint density at radius 2 is 1.87 bits per heavy atom. The van der Waals surface area contributed by atoms with Gasteiger partial charge in [0.25, 0.3) is 15.9 Å². The van der Waals surface area contributed by atoms with Crippen LogP contribution in [-0.2, 0) is 10.0 Å². The highest BCUT2D eigenvalue weighted by molar-refractivity contribution is 7.91. The number of aromatic nitrogens is 2. The summed E-state index contributed by atoms with van der Waals surface area (Å²) in [6.07, 6.45) is 0.566. The van der Waals surface area contributed by atoms with E-state index in [9.17, 15) is 13.2 Å². The Bertz CT molecular complexity index is 1180. The number of hydrogen-bond donors (Lipinski definition) is 2. The molecule has 1 aromatic heterocycles. The molecular formula is C20H21ClN4O3S2. The fourth-order valence-corrected chi connectivity index (χ4v) is 5.23. The van der Waals surface area contributed by atoms with Crippen molar-refractivity contribution in [3.8, 4) is 0 Å². The monoisotopic (exact) mass is 464 g/mol. The number of amides is 1. The first-order valence-corrected chi connectivity index (χ1v) is 11.9. The van der Waals surface area contributed by atoms with E-state index in [-0.39, 0.29) is 20.1 Å². The third kappa shape index (κ3) is 5.04. The van der Waals surface area contributed by atoms with Gasteiger partial charge in [-0.25, -0.2) is 13.1 Å². The lowest BCUT2D eigenvalue weighted by atomic mass is 10.0. The lowest BCUT2D eigenvalue weighted by Crippen LogP contribution is -2.28. The molecule has 7 nitrogen and oxygen atoms in total. The maximum absolute atomic E-state index is 12.8. The summed E-state index contributed by atoms with van der Waals surface area (Å²) in [5.74, 6) is -0.491. The van der Waals surface area contributed by atoms with E-state index in [4.69, 9.17) is 11.6 Å². The topological polar surface area (TPSA) is 101 Å². The number of sulfonamides is 1. The van der Waals surface area contributed by atoms with Gasteiger partial charge in [-0.3, -0.25) is 10.1 Å². The zero-order valence-corrected chi connectivity index (χ0v) is 19.0. The van der Waals surface area contributed by atoms with Crippen molar-refractivity contribution in [2.75, 3.05) is 5.32 Å². The second kappa shape index (κ2) is 9.22. The quantitative estimate of drug-likeness (QED) is 0.501. The Balaban J connectivity index is 1.76. The number of carbonyl (C=O) groups is 1. The highest BCUT2D eigenvalue weighted by Crippen LogP contribution is 2.26. The predicted molar refractivity (Wildman–Crippen MR) is 119 cm³/mol. The van der Waals surface area contributed by atoms with Gasteiger partial charge < -0.3 is 0 Å². The van der Waals surface area contributed by atoms with Crippen molar-refractivity contribution in [2.45, 2.75) is 37.6 Å². The number of hydrogen-bond acceptors (Lipinski definition) is 6. The van der Waals surface area contributed by atoms with Gasteiger partial charge in [-0.05, 0) is 49.1 Å². The second-order valence-corrected chi connectivity index (χ2v) is 10.0. The van der Waals surface area contributed by atoms with E-state index in [0.29, 0.717) is 6.42 Å². The van der Waals surface area contributed by atoms with Crippen molar-refractivity contribution in [1.29, 1.82) is 0 Å². The van der Waals surface area contributed by atoms with E-state index >= 15 is 0 Å². The normalized spacial score (nSPS) is 12.5. The van der Waals surface area contributed by atoms with Gasteiger partial charge in [0.15, 0.2) is 0 Å². The van der Waals surface area contributed by atoms with Crippen molar-refractivity contribution in [3.05, 3.63) is 69.7 Å². The molecule has 0 saturated carbocycles. The molecule has 0 saturated heterocycles. The molecular weight excluding hydrogens is 444 g/mol. The van der Waals surface area contributed by atoms with Crippen molar-refractivity contribution in [2.24, 2.45) is 0 Å². The van der Waals surface area contributed by atoms with Gasteiger partial charge in [0.2, 0.25) is 9.47 Å². The van der Waals surface area contributed by atoms with Gasteiger partial charge in [-0.15, -0.1) is 10.2 Å². The lowest BCUT2D eigenvalue weighted by Gasteiger charge is -2.17. The van der Waals surface area contributed by atoms with Crippen LogP contribution in [0.4, 0.5) is 5.13 Å². The van der Waals surface area contributed by atoms with E-state index in [2.05, 4.69) is 20.2 Å². The van der Waals surface area contributed by atoms with Crippen LogP contribution >= 0.6 is 22.9 Å². The zero-order chi connectivity index (χ0) is 21.9. The summed E-state index contributed by atoms with van der Waals surface area (Å²) < 4.78 is 28.1. The van der Waals surface area contributed by atoms with Crippen LogP contribution in [0.5, 0.6) is 0 Å². The van der Waals surface area contributed by atoms with Crippen LogP contribution in [0.25, 0.3) is 0 Å². The lowest BCUT2D eigenvalue weighted by molar-refractivity contribution is 0.102.